The van der Waals surface area contributed by atoms with Crippen LogP contribution < -0.4 is 10.6 Å². The van der Waals surface area contributed by atoms with Crippen LogP contribution in [0.5, 0.6) is 0 Å². The molecule has 5 heteroatoms. The quantitative estimate of drug-likeness (QED) is 0.825. The van der Waals surface area contributed by atoms with Gasteiger partial charge in [0.1, 0.15) is 10.8 Å². The second kappa shape index (κ2) is 5.63. The van der Waals surface area contributed by atoms with Crippen molar-refractivity contribution in [2.45, 2.75) is 6.42 Å². The Labute approximate surface area is 114 Å². The summed E-state index contributed by atoms with van der Waals surface area (Å²) in [6, 6.07) is 3.81. The first kappa shape index (κ1) is 13.2. The Hall–Kier alpha value is -1.20. The van der Waals surface area contributed by atoms with Crippen molar-refractivity contribution in [3.8, 4) is 0 Å². The molecule has 0 aromatic carbocycles. The average Bonchev–Trinajstić information content (AvgIpc) is 2.75. The molecule has 2 N–H and O–H groups in total. The van der Waals surface area contributed by atoms with Gasteiger partial charge in [-0.05, 0) is 38.1 Å². The van der Waals surface area contributed by atoms with E-state index >= 15 is 0 Å². The number of aromatic nitrogens is 1. The molecule has 1 fully saturated rings. The third-order valence-electron chi connectivity index (χ3n) is 3.44. The van der Waals surface area contributed by atoms with E-state index in [4.69, 9.17) is 18.0 Å². The molecule has 2 rings (SSSR count). The van der Waals surface area contributed by atoms with Crippen molar-refractivity contribution in [2.24, 2.45) is 11.7 Å². The standard InChI is InChI=1S/C13H20N4S/c1-16-6-4-10(8-16)9-17(2)12-7-11(13(14)18)3-5-15-12/h3,5,7,10H,4,6,8-9H2,1-2H3,(H2,14,18). The Morgan fingerprint density at radius 3 is 3.06 bits per heavy atom. The van der Waals surface area contributed by atoms with E-state index in [1.807, 2.05) is 12.1 Å². The van der Waals surface area contributed by atoms with Gasteiger partial charge >= 0.3 is 0 Å². The summed E-state index contributed by atoms with van der Waals surface area (Å²) >= 11 is 4.99. The van der Waals surface area contributed by atoms with E-state index in [2.05, 4.69) is 28.9 Å². The van der Waals surface area contributed by atoms with E-state index in [1.54, 1.807) is 6.20 Å². The molecule has 1 aliphatic rings. The number of hydrogen-bond donors (Lipinski definition) is 1. The lowest BCUT2D eigenvalue weighted by Crippen LogP contribution is -2.28. The van der Waals surface area contributed by atoms with Gasteiger partial charge in [0, 0.05) is 31.9 Å². The molecule has 1 saturated heterocycles. The molecule has 4 nitrogen and oxygen atoms in total. The van der Waals surface area contributed by atoms with Crippen LogP contribution in [0.25, 0.3) is 0 Å². The van der Waals surface area contributed by atoms with Crippen LogP contribution in [0, 0.1) is 5.92 Å². The molecule has 0 bridgehead atoms. The summed E-state index contributed by atoms with van der Waals surface area (Å²) in [4.78, 5) is 9.36. The van der Waals surface area contributed by atoms with Crippen molar-refractivity contribution >= 4 is 23.0 Å². The smallest absolute Gasteiger partial charge is 0.128 e. The first-order valence-corrected chi connectivity index (χ1v) is 6.62. The molecule has 1 aromatic heterocycles. The highest BCUT2D eigenvalue weighted by Gasteiger charge is 2.21. The first-order chi connectivity index (χ1) is 8.56. The largest absolute Gasteiger partial charge is 0.389 e. The van der Waals surface area contributed by atoms with E-state index in [1.165, 1.54) is 19.5 Å². The number of nitrogens with zero attached hydrogens (tertiary/aromatic N) is 3. The maximum Gasteiger partial charge on any atom is 0.128 e. The average molecular weight is 264 g/mol. The minimum absolute atomic E-state index is 0.424. The highest BCUT2D eigenvalue weighted by atomic mass is 32.1. The van der Waals surface area contributed by atoms with Crippen molar-refractivity contribution in [3.05, 3.63) is 23.9 Å². The molecule has 1 atom stereocenters. The monoisotopic (exact) mass is 264 g/mol. The molecule has 0 spiro atoms. The summed E-state index contributed by atoms with van der Waals surface area (Å²) in [6.45, 7) is 3.39. The third kappa shape index (κ3) is 3.17. The summed E-state index contributed by atoms with van der Waals surface area (Å²) in [5, 5.41) is 0. The van der Waals surface area contributed by atoms with Crippen LogP contribution in [0.1, 0.15) is 12.0 Å². The minimum atomic E-state index is 0.424. The lowest BCUT2D eigenvalue weighted by Gasteiger charge is -2.22. The zero-order valence-corrected chi connectivity index (χ0v) is 11.8. The van der Waals surface area contributed by atoms with Crippen LogP contribution in [-0.4, -0.2) is 48.6 Å². The molecule has 18 heavy (non-hydrogen) atoms. The number of rotatable bonds is 4. The minimum Gasteiger partial charge on any atom is -0.389 e. The topological polar surface area (TPSA) is 45.4 Å². The number of pyridine rings is 1. The van der Waals surface area contributed by atoms with Gasteiger partial charge in [-0.1, -0.05) is 12.2 Å². The molecule has 98 valence electrons. The van der Waals surface area contributed by atoms with Crippen molar-refractivity contribution in [3.63, 3.8) is 0 Å². The molecular formula is C13H20N4S. The van der Waals surface area contributed by atoms with E-state index < -0.39 is 0 Å². The van der Waals surface area contributed by atoms with Crippen LogP contribution in [0.4, 0.5) is 5.82 Å². The summed E-state index contributed by atoms with van der Waals surface area (Å²) in [6.07, 6.45) is 3.02. The summed E-state index contributed by atoms with van der Waals surface area (Å²) in [7, 11) is 4.25. The van der Waals surface area contributed by atoms with E-state index in [0.29, 0.717) is 4.99 Å². The molecule has 0 radical (unpaired) electrons. The van der Waals surface area contributed by atoms with Gasteiger partial charge in [0.2, 0.25) is 0 Å². The van der Waals surface area contributed by atoms with Gasteiger partial charge < -0.3 is 15.5 Å². The Morgan fingerprint density at radius 1 is 1.67 bits per heavy atom. The Morgan fingerprint density at radius 2 is 2.44 bits per heavy atom. The molecule has 2 heterocycles. The normalized spacial score (nSPS) is 20.0. The van der Waals surface area contributed by atoms with Crippen LogP contribution in [0.15, 0.2) is 18.3 Å². The zero-order valence-electron chi connectivity index (χ0n) is 11.0. The summed E-state index contributed by atoms with van der Waals surface area (Å²) in [5.74, 6) is 1.66. The zero-order chi connectivity index (χ0) is 13.1. The van der Waals surface area contributed by atoms with Gasteiger partial charge in [0.05, 0.1) is 0 Å². The number of anilines is 1. The first-order valence-electron chi connectivity index (χ1n) is 6.22. The maximum absolute atomic E-state index is 5.64. The van der Waals surface area contributed by atoms with Crippen LogP contribution >= 0.6 is 12.2 Å². The van der Waals surface area contributed by atoms with E-state index in [0.717, 1.165) is 23.8 Å². The number of thiocarbonyl (C=S) groups is 1. The Balaban J connectivity index is 2.02. The van der Waals surface area contributed by atoms with Crippen molar-refractivity contribution < 1.29 is 0 Å². The van der Waals surface area contributed by atoms with Crippen molar-refractivity contribution in [1.29, 1.82) is 0 Å². The fraction of sp³-hybridized carbons (Fsp3) is 0.538. The number of nitrogens with two attached hydrogens (primary N) is 1. The maximum atomic E-state index is 5.64. The summed E-state index contributed by atoms with van der Waals surface area (Å²) in [5.41, 5.74) is 6.52. The fourth-order valence-electron chi connectivity index (χ4n) is 2.44. The number of likely N-dealkylation sites (tertiary alicyclic amines) is 1. The highest BCUT2D eigenvalue weighted by molar-refractivity contribution is 7.80. The van der Waals surface area contributed by atoms with Gasteiger partial charge in [0.15, 0.2) is 0 Å². The SMILES string of the molecule is CN1CCC(CN(C)c2cc(C(N)=S)ccn2)C1. The predicted octanol–water partition coefficient (Wildman–Crippen LogP) is 1.10. The van der Waals surface area contributed by atoms with Gasteiger partial charge in [-0.15, -0.1) is 0 Å². The van der Waals surface area contributed by atoms with Crippen LogP contribution in [0.3, 0.4) is 0 Å². The van der Waals surface area contributed by atoms with Crippen molar-refractivity contribution in [2.75, 3.05) is 38.6 Å². The molecule has 0 amide bonds. The summed E-state index contributed by atoms with van der Waals surface area (Å²) < 4.78 is 0. The van der Waals surface area contributed by atoms with Crippen LogP contribution in [0.2, 0.25) is 0 Å². The van der Waals surface area contributed by atoms with E-state index in [-0.39, 0.29) is 0 Å². The molecule has 1 aromatic rings. The third-order valence-corrected chi connectivity index (χ3v) is 3.68. The van der Waals surface area contributed by atoms with Gasteiger partial charge in [0.25, 0.3) is 0 Å². The fourth-order valence-corrected chi connectivity index (χ4v) is 2.56. The lowest BCUT2D eigenvalue weighted by molar-refractivity contribution is 0.395. The number of hydrogen-bond acceptors (Lipinski definition) is 4. The van der Waals surface area contributed by atoms with Gasteiger partial charge in [-0.3, -0.25) is 0 Å². The molecule has 0 saturated carbocycles. The van der Waals surface area contributed by atoms with Crippen LogP contribution in [-0.2, 0) is 0 Å². The molecule has 1 aliphatic heterocycles. The molecule has 0 aliphatic carbocycles. The molecular weight excluding hydrogens is 244 g/mol. The highest BCUT2D eigenvalue weighted by Crippen LogP contribution is 2.18. The second-order valence-corrected chi connectivity index (χ2v) is 5.50. The lowest BCUT2D eigenvalue weighted by atomic mass is 10.1. The predicted molar refractivity (Wildman–Crippen MR) is 79.0 cm³/mol. The van der Waals surface area contributed by atoms with Crippen molar-refractivity contribution in [1.82, 2.24) is 9.88 Å². The second-order valence-electron chi connectivity index (χ2n) is 5.06. The van der Waals surface area contributed by atoms with E-state index in [9.17, 15) is 0 Å². The Bertz CT molecular complexity index is 435. The van der Waals surface area contributed by atoms with Gasteiger partial charge in [-0.25, -0.2) is 4.98 Å². The Kier molecular flexibility index (Phi) is 4.14. The molecule has 1 unspecified atom stereocenters. The van der Waals surface area contributed by atoms with Gasteiger partial charge in [-0.2, -0.15) is 0 Å².